The number of anilines is 1. The zero-order valence-electron chi connectivity index (χ0n) is 14.0. The molecule has 0 aliphatic carbocycles. The number of carbonyl (C=O) groups is 1. The fourth-order valence-electron chi connectivity index (χ4n) is 3.29. The van der Waals surface area contributed by atoms with E-state index in [0.29, 0.717) is 12.2 Å². The molecule has 126 valence electrons. The summed E-state index contributed by atoms with van der Waals surface area (Å²) in [4.78, 5) is 17.7. The molecule has 1 aliphatic heterocycles. The van der Waals surface area contributed by atoms with Gasteiger partial charge in [-0.05, 0) is 42.3 Å². The molecule has 2 amide bonds. The number of methoxy groups -OCH3 is 1. The van der Waals surface area contributed by atoms with Crippen molar-refractivity contribution < 1.29 is 9.53 Å². The molecule has 0 saturated carbocycles. The van der Waals surface area contributed by atoms with Crippen molar-refractivity contribution in [3.63, 3.8) is 0 Å². The molecule has 0 atom stereocenters. The van der Waals surface area contributed by atoms with Crippen LogP contribution in [0.1, 0.15) is 11.3 Å². The molecule has 1 aliphatic rings. The Labute approximate surface area is 145 Å². The summed E-state index contributed by atoms with van der Waals surface area (Å²) in [7, 11) is 1.66. The van der Waals surface area contributed by atoms with Gasteiger partial charge in [-0.25, -0.2) is 4.79 Å². The van der Waals surface area contributed by atoms with Crippen LogP contribution in [0.3, 0.4) is 0 Å². The Morgan fingerprint density at radius 3 is 2.80 bits per heavy atom. The molecule has 2 heterocycles. The van der Waals surface area contributed by atoms with E-state index in [-0.39, 0.29) is 6.03 Å². The summed E-state index contributed by atoms with van der Waals surface area (Å²) in [6.45, 7) is 4.73. The molecule has 0 spiro atoms. The first kappa shape index (κ1) is 15.3. The second-order valence-electron chi connectivity index (χ2n) is 6.03. The zero-order chi connectivity index (χ0) is 17.4. The Balaban J connectivity index is 1.64. The second kappa shape index (κ2) is 6.02. The summed E-state index contributed by atoms with van der Waals surface area (Å²) < 4.78 is 5.32. The van der Waals surface area contributed by atoms with Crippen LogP contribution in [0.25, 0.3) is 16.6 Å². The Bertz CT molecular complexity index is 960. The van der Waals surface area contributed by atoms with Crippen molar-refractivity contribution >= 4 is 28.3 Å². The first-order chi connectivity index (χ1) is 12.2. The highest BCUT2D eigenvalue weighted by molar-refractivity contribution is 5.98. The van der Waals surface area contributed by atoms with Crippen LogP contribution in [0.2, 0.25) is 0 Å². The van der Waals surface area contributed by atoms with Gasteiger partial charge in [-0.2, -0.15) is 0 Å². The van der Waals surface area contributed by atoms with Crippen molar-refractivity contribution in [1.82, 2.24) is 9.88 Å². The quantitative estimate of drug-likeness (QED) is 0.737. The van der Waals surface area contributed by atoms with Crippen LogP contribution in [0, 0.1) is 0 Å². The molecule has 2 N–H and O–H groups in total. The monoisotopic (exact) mass is 333 g/mol. The van der Waals surface area contributed by atoms with Crippen molar-refractivity contribution in [1.29, 1.82) is 0 Å². The van der Waals surface area contributed by atoms with E-state index in [1.165, 1.54) is 5.56 Å². The molecular weight excluding hydrogens is 314 g/mol. The van der Waals surface area contributed by atoms with Gasteiger partial charge in [-0.1, -0.05) is 24.8 Å². The summed E-state index contributed by atoms with van der Waals surface area (Å²) in [5.74, 6) is 0.823. The van der Waals surface area contributed by atoms with Gasteiger partial charge in [-0.15, -0.1) is 0 Å². The highest BCUT2D eigenvalue weighted by Gasteiger charge is 2.27. The molecule has 5 heteroatoms. The maximum absolute atomic E-state index is 12.6. The van der Waals surface area contributed by atoms with Gasteiger partial charge in [0.25, 0.3) is 0 Å². The molecule has 3 aromatic rings. The van der Waals surface area contributed by atoms with Gasteiger partial charge in [0.1, 0.15) is 5.75 Å². The predicted molar refractivity (Wildman–Crippen MR) is 99.8 cm³/mol. The topological polar surface area (TPSA) is 57.4 Å². The summed E-state index contributed by atoms with van der Waals surface area (Å²) in [6, 6.07) is 15.2. The van der Waals surface area contributed by atoms with E-state index in [2.05, 4.69) is 16.9 Å². The smallest absolute Gasteiger partial charge is 0.326 e. The summed E-state index contributed by atoms with van der Waals surface area (Å²) in [6.07, 6.45) is 0.768. The van der Waals surface area contributed by atoms with Crippen LogP contribution in [0.15, 0.2) is 55.1 Å². The van der Waals surface area contributed by atoms with Gasteiger partial charge < -0.3 is 15.0 Å². The highest BCUT2D eigenvalue weighted by atomic mass is 16.5. The summed E-state index contributed by atoms with van der Waals surface area (Å²) in [5.41, 5.74) is 4.58. The van der Waals surface area contributed by atoms with Crippen LogP contribution < -0.4 is 10.1 Å². The molecule has 0 unspecified atom stereocenters. The Kier molecular flexibility index (Phi) is 3.69. The van der Waals surface area contributed by atoms with Crippen LogP contribution in [0.4, 0.5) is 10.5 Å². The van der Waals surface area contributed by atoms with Crippen LogP contribution >= 0.6 is 0 Å². The number of urea groups is 1. The number of H-pyrrole nitrogens is 1. The second-order valence-corrected chi connectivity index (χ2v) is 6.03. The Morgan fingerprint density at radius 1 is 1.24 bits per heavy atom. The van der Waals surface area contributed by atoms with Crippen molar-refractivity contribution in [2.75, 3.05) is 19.0 Å². The lowest BCUT2D eigenvalue weighted by molar-refractivity contribution is 0.230. The van der Waals surface area contributed by atoms with Gasteiger partial charge in [0.2, 0.25) is 0 Å². The van der Waals surface area contributed by atoms with Crippen molar-refractivity contribution in [3.05, 3.63) is 66.4 Å². The Morgan fingerprint density at radius 2 is 2.04 bits per heavy atom. The normalized spacial score (nSPS) is 13.6. The first-order valence-electron chi connectivity index (χ1n) is 8.19. The molecule has 4 rings (SSSR count). The standard InChI is InChI=1S/C20H19N3O2/c1-13-19-16(17-12-15(25-2)8-9-18(17)22-19)10-11-23(13)20(24)21-14-6-4-3-5-7-14/h3-9,12,22H,1,10-11H2,2H3,(H,21,24). The molecule has 0 saturated heterocycles. The average Bonchev–Trinajstić information content (AvgIpc) is 3.01. The average molecular weight is 333 g/mol. The van der Waals surface area contributed by atoms with E-state index in [9.17, 15) is 4.79 Å². The third-order valence-corrected chi connectivity index (χ3v) is 4.58. The lowest BCUT2D eigenvalue weighted by Crippen LogP contribution is -2.37. The van der Waals surface area contributed by atoms with Crippen LogP contribution in [-0.4, -0.2) is 29.6 Å². The number of ether oxygens (including phenoxy) is 1. The summed E-state index contributed by atoms with van der Waals surface area (Å²) >= 11 is 0. The van der Waals surface area contributed by atoms with E-state index >= 15 is 0 Å². The van der Waals surface area contributed by atoms with Crippen molar-refractivity contribution in [2.24, 2.45) is 0 Å². The van der Waals surface area contributed by atoms with Gasteiger partial charge >= 0.3 is 6.03 Å². The van der Waals surface area contributed by atoms with E-state index in [4.69, 9.17) is 4.74 Å². The minimum absolute atomic E-state index is 0.168. The largest absolute Gasteiger partial charge is 0.497 e. The molecular formula is C20H19N3O2. The van der Waals surface area contributed by atoms with Crippen LogP contribution in [-0.2, 0) is 6.42 Å². The molecule has 5 nitrogen and oxygen atoms in total. The highest BCUT2D eigenvalue weighted by Crippen LogP contribution is 2.34. The summed E-state index contributed by atoms with van der Waals surface area (Å²) in [5, 5.41) is 4.04. The number of aromatic amines is 1. The molecule has 0 bridgehead atoms. The zero-order valence-corrected chi connectivity index (χ0v) is 14.0. The number of fused-ring (bicyclic) bond motifs is 3. The van der Waals surface area contributed by atoms with E-state index in [1.54, 1.807) is 12.0 Å². The number of benzene rings is 2. The van der Waals surface area contributed by atoms with Crippen molar-refractivity contribution in [3.8, 4) is 5.75 Å². The third-order valence-electron chi connectivity index (χ3n) is 4.58. The molecule has 25 heavy (non-hydrogen) atoms. The fraction of sp³-hybridized carbons (Fsp3) is 0.150. The van der Waals surface area contributed by atoms with E-state index in [0.717, 1.165) is 34.5 Å². The fourth-order valence-corrected chi connectivity index (χ4v) is 3.29. The number of amides is 2. The van der Waals surface area contributed by atoms with Crippen LogP contribution in [0.5, 0.6) is 5.75 Å². The number of nitrogens with zero attached hydrogens (tertiary/aromatic N) is 1. The van der Waals surface area contributed by atoms with Gasteiger partial charge in [0, 0.05) is 23.1 Å². The maximum Gasteiger partial charge on any atom is 0.326 e. The van der Waals surface area contributed by atoms with Gasteiger partial charge in [0.15, 0.2) is 0 Å². The van der Waals surface area contributed by atoms with E-state index in [1.807, 2.05) is 48.5 Å². The number of carbonyl (C=O) groups excluding carboxylic acids is 1. The molecule has 0 radical (unpaired) electrons. The number of aromatic nitrogens is 1. The molecule has 1 aromatic heterocycles. The number of hydrogen-bond donors (Lipinski definition) is 2. The van der Waals surface area contributed by atoms with Crippen molar-refractivity contribution in [2.45, 2.75) is 6.42 Å². The van der Waals surface area contributed by atoms with Gasteiger partial charge in [-0.3, -0.25) is 4.90 Å². The maximum atomic E-state index is 12.6. The van der Waals surface area contributed by atoms with Gasteiger partial charge in [0.05, 0.1) is 18.5 Å². The number of nitrogens with one attached hydrogen (secondary N) is 2. The number of para-hydroxylation sites is 1. The lowest BCUT2D eigenvalue weighted by Gasteiger charge is -2.29. The first-order valence-corrected chi connectivity index (χ1v) is 8.19. The molecule has 2 aromatic carbocycles. The minimum atomic E-state index is -0.168. The number of hydrogen-bond acceptors (Lipinski definition) is 2. The molecule has 0 fully saturated rings. The van der Waals surface area contributed by atoms with E-state index < -0.39 is 0 Å². The third kappa shape index (κ3) is 2.63. The Hall–Kier alpha value is -3.21. The lowest BCUT2D eigenvalue weighted by atomic mass is 10.0. The SMILES string of the molecule is C=C1c2[nH]c3ccc(OC)cc3c2CCN1C(=O)Nc1ccccc1. The minimum Gasteiger partial charge on any atom is -0.497 e. The number of rotatable bonds is 2. The predicted octanol–water partition coefficient (Wildman–Crippen LogP) is 4.24.